The van der Waals surface area contributed by atoms with Gasteiger partial charge in [0.05, 0.1) is 36.2 Å². The molecule has 4 heterocycles. The summed E-state index contributed by atoms with van der Waals surface area (Å²) in [5.41, 5.74) is 8.13. The summed E-state index contributed by atoms with van der Waals surface area (Å²) in [6.07, 6.45) is 12.5. The number of nitrogens with zero attached hydrogens (tertiary/aromatic N) is 11. The lowest BCUT2D eigenvalue weighted by atomic mass is 9.86. The maximum atomic E-state index is 14.6. The Morgan fingerprint density at radius 1 is 0.684 bits per heavy atom. The molecule has 24 nitrogen and oxygen atoms in total. The standard InChI is InChI=1S/C52H58N16O8/c1-5-43(69)57-35-18-13-19-39(22-35)65(3)42-27-54-45(41(61-42)20-34-25-55-67(28-34)51(73)75-30-32-14-9-7-10-15-32)49(72)60-37-21-36(58-44(70)6-2)23-40(24-37)66(4)50-62-48(46(47(53)71)63-64-50)59-38-26-56-68(29-38)52(74)76-31-33-16-11-8-12-17-33/h5-12,14-17,25-29,35-37,39-40H,1-2,13,18-24,30-31H2,3-4H3,(H2,53,71)(H,57,69)(H,58,70)(H,60,72)(H,59,62,64)/t35?,36?,37?,39-,40+/m1/s1. The van der Waals surface area contributed by atoms with Crippen molar-refractivity contribution in [2.75, 3.05) is 29.2 Å². The summed E-state index contributed by atoms with van der Waals surface area (Å²) in [4.78, 5) is 96.0. The molecular weight excluding hydrogens is 977 g/mol. The minimum Gasteiger partial charge on any atom is -0.443 e. The van der Waals surface area contributed by atoms with Crippen molar-refractivity contribution in [1.82, 2.24) is 60.7 Å². The number of carbonyl (C=O) groups excluding carboxylic acids is 6. The third-order valence-electron chi connectivity index (χ3n) is 13.1. The zero-order valence-corrected chi connectivity index (χ0v) is 41.9. The fourth-order valence-corrected chi connectivity index (χ4v) is 9.17. The zero-order valence-electron chi connectivity index (χ0n) is 41.9. The first-order valence-electron chi connectivity index (χ1n) is 24.5. The van der Waals surface area contributed by atoms with Crippen molar-refractivity contribution >= 4 is 59.1 Å². The molecule has 4 amide bonds. The molecule has 2 fully saturated rings. The molecule has 0 spiro atoms. The van der Waals surface area contributed by atoms with Crippen LogP contribution in [0.15, 0.2) is 117 Å². The molecule has 24 heteroatoms. The van der Waals surface area contributed by atoms with Gasteiger partial charge in [0, 0.05) is 56.9 Å². The number of aromatic nitrogens is 9. The number of hydrogen-bond acceptors (Lipinski definition) is 18. The normalized spacial score (nSPS) is 18.0. The largest absolute Gasteiger partial charge is 0.443 e. The Kier molecular flexibility index (Phi) is 17.1. The fraction of sp³-hybridized carbons (Fsp3) is 0.327. The van der Waals surface area contributed by atoms with Gasteiger partial charge in [-0.3, -0.25) is 19.2 Å². The van der Waals surface area contributed by atoms with Gasteiger partial charge in [-0.15, -0.1) is 10.2 Å². The van der Waals surface area contributed by atoms with E-state index in [2.05, 4.69) is 59.8 Å². The summed E-state index contributed by atoms with van der Waals surface area (Å²) < 4.78 is 12.9. The molecule has 0 radical (unpaired) electrons. The van der Waals surface area contributed by atoms with Crippen LogP contribution in [0.25, 0.3) is 0 Å². The average molecular weight is 1040 g/mol. The summed E-state index contributed by atoms with van der Waals surface area (Å²) in [6.45, 7) is 7.26. The summed E-state index contributed by atoms with van der Waals surface area (Å²) in [5, 5.41) is 28.7. The van der Waals surface area contributed by atoms with Crippen LogP contribution < -0.4 is 36.8 Å². The van der Waals surface area contributed by atoms with Crippen molar-refractivity contribution in [2.24, 2.45) is 5.73 Å². The Morgan fingerprint density at radius 3 is 1.93 bits per heavy atom. The molecule has 2 aliphatic carbocycles. The second-order valence-corrected chi connectivity index (χ2v) is 18.4. The third-order valence-corrected chi connectivity index (χ3v) is 13.1. The predicted molar refractivity (Wildman–Crippen MR) is 277 cm³/mol. The van der Waals surface area contributed by atoms with Crippen LogP contribution in [0.2, 0.25) is 0 Å². The number of nitrogens with one attached hydrogen (secondary N) is 4. The number of amides is 4. The zero-order chi connectivity index (χ0) is 53.7. The Balaban J connectivity index is 1.01. The van der Waals surface area contributed by atoms with Gasteiger partial charge in [0.15, 0.2) is 11.5 Å². The second kappa shape index (κ2) is 24.6. The second-order valence-electron chi connectivity index (χ2n) is 18.4. The number of nitrogens with two attached hydrogens (primary N) is 1. The molecular formula is C52H58N16O8. The van der Waals surface area contributed by atoms with Gasteiger partial charge in [0.1, 0.15) is 24.7 Å². The van der Waals surface area contributed by atoms with E-state index >= 15 is 0 Å². The smallest absolute Gasteiger partial charge is 0.435 e. The summed E-state index contributed by atoms with van der Waals surface area (Å²) in [5.74, 6) is -1.63. The van der Waals surface area contributed by atoms with Gasteiger partial charge in [-0.05, 0) is 73.8 Å². The van der Waals surface area contributed by atoms with E-state index in [1.54, 1.807) is 11.9 Å². The fourth-order valence-electron chi connectivity index (χ4n) is 9.17. The minimum atomic E-state index is -0.923. The van der Waals surface area contributed by atoms with Gasteiger partial charge in [-0.25, -0.2) is 19.6 Å². The number of benzene rings is 2. The van der Waals surface area contributed by atoms with Crippen molar-refractivity contribution in [3.8, 4) is 0 Å². The van der Waals surface area contributed by atoms with Crippen LogP contribution >= 0.6 is 0 Å². The monoisotopic (exact) mass is 1030 g/mol. The van der Waals surface area contributed by atoms with E-state index < -0.39 is 48.0 Å². The first-order valence-corrected chi connectivity index (χ1v) is 24.5. The number of primary amides is 1. The third kappa shape index (κ3) is 13.6. The van der Waals surface area contributed by atoms with Crippen molar-refractivity contribution < 1.29 is 38.2 Å². The lowest BCUT2D eigenvalue weighted by Gasteiger charge is -2.39. The van der Waals surface area contributed by atoms with Crippen molar-refractivity contribution in [3.05, 3.63) is 151 Å². The summed E-state index contributed by atoms with van der Waals surface area (Å²) >= 11 is 0. The van der Waals surface area contributed by atoms with Crippen LogP contribution in [0.4, 0.5) is 32.9 Å². The minimum absolute atomic E-state index is 0.00937. The molecule has 0 aliphatic heterocycles. The van der Waals surface area contributed by atoms with Gasteiger partial charge in [0.25, 0.3) is 11.8 Å². The molecule has 6 N–H and O–H groups in total. The number of anilines is 4. The van der Waals surface area contributed by atoms with Crippen LogP contribution in [0, 0.1) is 0 Å². The highest BCUT2D eigenvalue weighted by Gasteiger charge is 2.35. The highest BCUT2D eigenvalue weighted by Crippen LogP contribution is 2.29. The van der Waals surface area contributed by atoms with Crippen LogP contribution in [0.5, 0.6) is 0 Å². The topological polar surface area (TPSA) is 302 Å². The van der Waals surface area contributed by atoms with Crippen LogP contribution in [0.1, 0.15) is 88.3 Å². The maximum absolute atomic E-state index is 14.6. The molecule has 5 atom stereocenters. The molecule has 2 aliphatic rings. The molecule has 2 saturated carbocycles. The lowest BCUT2D eigenvalue weighted by Crippen LogP contribution is -2.53. The Labute approximate surface area is 437 Å². The molecule has 6 aromatic rings. The highest BCUT2D eigenvalue weighted by atomic mass is 16.6. The van der Waals surface area contributed by atoms with Gasteiger partial charge < -0.3 is 46.3 Å². The number of carbonyl (C=O) groups is 6. The molecule has 0 bridgehead atoms. The van der Waals surface area contributed by atoms with Gasteiger partial charge >= 0.3 is 12.2 Å². The van der Waals surface area contributed by atoms with Gasteiger partial charge in [0.2, 0.25) is 17.8 Å². The SMILES string of the molecule is C=CC(=O)NC1CCC[C@@H](N(C)c2cnc(C(=O)NC3CC(NC(=O)C=C)C[C@H](N(C)c4nnc(C(N)=O)c(Nc5cnn(C(=O)OCc6ccccc6)c5)n4)C3)c(Cc3cnn(C(=O)OCc4ccccc4)c3)n2)C1. The summed E-state index contributed by atoms with van der Waals surface area (Å²) in [7, 11) is 3.61. The van der Waals surface area contributed by atoms with E-state index in [1.165, 1.54) is 37.1 Å². The first-order chi connectivity index (χ1) is 36.7. The van der Waals surface area contributed by atoms with Crippen molar-refractivity contribution in [3.63, 3.8) is 0 Å². The Hall–Kier alpha value is -9.35. The number of ether oxygens (including phenoxy) is 2. The van der Waals surface area contributed by atoms with E-state index in [0.29, 0.717) is 42.8 Å². The van der Waals surface area contributed by atoms with E-state index in [4.69, 9.17) is 25.2 Å². The molecule has 394 valence electrons. The van der Waals surface area contributed by atoms with Gasteiger partial charge in [-0.2, -0.15) is 24.5 Å². The van der Waals surface area contributed by atoms with Crippen molar-refractivity contribution in [2.45, 2.75) is 94.8 Å². The number of hydrogen-bond donors (Lipinski definition) is 5. The van der Waals surface area contributed by atoms with E-state index in [1.807, 2.05) is 72.6 Å². The van der Waals surface area contributed by atoms with Crippen LogP contribution in [0.3, 0.4) is 0 Å². The molecule has 8 rings (SSSR count). The highest BCUT2D eigenvalue weighted by molar-refractivity contribution is 5.96. The molecule has 76 heavy (non-hydrogen) atoms. The average Bonchev–Trinajstić information content (AvgIpc) is 4.12. The van der Waals surface area contributed by atoms with E-state index in [9.17, 15) is 28.8 Å². The van der Waals surface area contributed by atoms with Crippen LogP contribution in [-0.2, 0) is 38.7 Å². The Bertz CT molecular complexity index is 3080. The number of rotatable bonds is 19. The molecule has 0 saturated heterocycles. The van der Waals surface area contributed by atoms with Crippen molar-refractivity contribution in [1.29, 1.82) is 0 Å². The Morgan fingerprint density at radius 2 is 1.29 bits per heavy atom. The molecule has 2 aromatic carbocycles. The predicted octanol–water partition coefficient (Wildman–Crippen LogP) is 4.37. The van der Waals surface area contributed by atoms with Crippen LogP contribution in [-0.4, -0.2) is 125 Å². The van der Waals surface area contributed by atoms with Gasteiger partial charge in [-0.1, -0.05) is 73.8 Å². The molecule has 3 unspecified atom stereocenters. The van der Waals surface area contributed by atoms with E-state index in [-0.39, 0.29) is 66.5 Å². The quantitative estimate of drug-likeness (QED) is 0.0704. The molecule has 4 aromatic heterocycles. The first kappa shape index (κ1) is 53.0. The summed E-state index contributed by atoms with van der Waals surface area (Å²) in [6, 6.07) is 16.8. The maximum Gasteiger partial charge on any atom is 0.435 e. The lowest BCUT2D eigenvalue weighted by molar-refractivity contribution is -0.118. The van der Waals surface area contributed by atoms with E-state index in [0.717, 1.165) is 45.8 Å².